The van der Waals surface area contributed by atoms with Gasteiger partial charge in [-0.25, -0.2) is 13.2 Å². The first-order chi connectivity index (χ1) is 10.9. The topological polar surface area (TPSA) is 83.5 Å². The van der Waals surface area contributed by atoms with Gasteiger partial charge in [0.2, 0.25) is 0 Å². The van der Waals surface area contributed by atoms with Crippen molar-refractivity contribution in [3.05, 3.63) is 58.7 Å². The van der Waals surface area contributed by atoms with Crippen LogP contribution in [-0.4, -0.2) is 19.5 Å². The first kappa shape index (κ1) is 15.6. The number of nitrogens with one attached hydrogen (secondary N) is 1. The van der Waals surface area contributed by atoms with Crippen molar-refractivity contribution in [2.75, 3.05) is 4.72 Å². The minimum atomic E-state index is -3.82. The van der Waals surface area contributed by atoms with Crippen LogP contribution in [0.1, 0.15) is 33.5 Å². The fourth-order valence-electron chi connectivity index (χ4n) is 2.86. The van der Waals surface area contributed by atoms with Crippen LogP contribution in [-0.2, 0) is 22.9 Å². The van der Waals surface area contributed by atoms with Crippen molar-refractivity contribution < 1.29 is 18.3 Å². The number of carbonyl (C=O) groups is 1. The molecule has 1 aliphatic carbocycles. The Hall–Kier alpha value is -2.34. The van der Waals surface area contributed by atoms with E-state index in [4.69, 9.17) is 0 Å². The molecule has 2 aromatic rings. The van der Waals surface area contributed by atoms with Gasteiger partial charge in [-0.3, -0.25) is 4.72 Å². The van der Waals surface area contributed by atoms with E-state index in [9.17, 15) is 18.3 Å². The Kier molecular flexibility index (Phi) is 3.85. The van der Waals surface area contributed by atoms with Crippen molar-refractivity contribution in [3.8, 4) is 0 Å². The molecule has 1 aliphatic rings. The number of fused-ring (bicyclic) bond motifs is 1. The highest BCUT2D eigenvalue weighted by atomic mass is 32.2. The molecular formula is C17H17NO4S. The molecule has 0 fully saturated rings. The Morgan fingerprint density at radius 2 is 1.83 bits per heavy atom. The van der Waals surface area contributed by atoms with Crippen molar-refractivity contribution in [1.29, 1.82) is 0 Å². The summed E-state index contributed by atoms with van der Waals surface area (Å²) in [6.45, 7) is 1.92. The molecule has 0 radical (unpaired) electrons. The van der Waals surface area contributed by atoms with E-state index in [0.717, 1.165) is 23.1 Å². The molecule has 120 valence electrons. The largest absolute Gasteiger partial charge is 0.478 e. The van der Waals surface area contributed by atoms with E-state index >= 15 is 0 Å². The normalized spacial score (nSPS) is 13.6. The van der Waals surface area contributed by atoms with E-state index < -0.39 is 16.0 Å². The van der Waals surface area contributed by atoms with Gasteiger partial charge in [-0.1, -0.05) is 17.7 Å². The summed E-state index contributed by atoms with van der Waals surface area (Å²) in [4.78, 5) is 11.3. The summed E-state index contributed by atoms with van der Waals surface area (Å²) in [6.07, 6.45) is 2.20. The predicted molar refractivity (Wildman–Crippen MR) is 87.4 cm³/mol. The van der Waals surface area contributed by atoms with Gasteiger partial charge in [0, 0.05) is 5.69 Å². The molecule has 23 heavy (non-hydrogen) atoms. The van der Waals surface area contributed by atoms with Gasteiger partial charge < -0.3 is 5.11 Å². The Morgan fingerprint density at radius 1 is 1.13 bits per heavy atom. The monoisotopic (exact) mass is 331 g/mol. The molecule has 0 atom stereocenters. The Labute approximate surface area is 135 Å². The Bertz CT molecular complexity index is 870. The number of carboxylic acids is 1. The number of aryl methyl sites for hydroxylation is 2. The quantitative estimate of drug-likeness (QED) is 0.902. The number of hydrogen-bond acceptors (Lipinski definition) is 3. The molecule has 2 aromatic carbocycles. The van der Waals surface area contributed by atoms with Crippen molar-refractivity contribution in [3.63, 3.8) is 0 Å². The van der Waals surface area contributed by atoms with Gasteiger partial charge in [0.25, 0.3) is 10.0 Å². The highest BCUT2D eigenvalue weighted by Gasteiger charge is 2.26. The summed E-state index contributed by atoms with van der Waals surface area (Å²) < 4.78 is 28.0. The van der Waals surface area contributed by atoms with Crippen LogP contribution in [0.15, 0.2) is 41.3 Å². The number of anilines is 1. The molecule has 0 bridgehead atoms. The van der Waals surface area contributed by atoms with Crippen molar-refractivity contribution >= 4 is 21.7 Å². The van der Waals surface area contributed by atoms with Gasteiger partial charge in [-0.05, 0) is 61.6 Å². The number of hydrogen-bond donors (Lipinski definition) is 2. The zero-order valence-electron chi connectivity index (χ0n) is 12.7. The molecule has 0 unspecified atom stereocenters. The summed E-state index contributed by atoms with van der Waals surface area (Å²) in [5.74, 6) is -1.12. The summed E-state index contributed by atoms with van der Waals surface area (Å²) in [7, 11) is -3.82. The molecule has 0 amide bonds. The highest BCUT2D eigenvalue weighted by Crippen LogP contribution is 2.31. The van der Waals surface area contributed by atoms with Gasteiger partial charge in [-0.15, -0.1) is 0 Å². The zero-order valence-corrected chi connectivity index (χ0v) is 13.5. The molecule has 0 heterocycles. The lowest BCUT2D eigenvalue weighted by molar-refractivity contribution is 0.0696. The maximum atomic E-state index is 12.7. The van der Waals surface area contributed by atoms with Crippen molar-refractivity contribution in [1.82, 2.24) is 0 Å². The van der Waals surface area contributed by atoms with Gasteiger partial charge >= 0.3 is 5.97 Å². The van der Waals surface area contributed by atoms with E-state index in [0.29, 0.717) is 18.5 Å². The maximum absolute atomic E-state index is 12.7. The number of benzene rings is 2. The molecule has 5 nitrogen and oxygen atoms in total. The molecule has 6 heteroatoms. The van der Waals surface area contributed by atoms with Crippen LogP contribution in [0, 0.1) is 6.92 Å². The number of aromatic carboxylic acids is 1. The van der Waals surface area contributed by atoms with Crippen LogP contribution in [0.5, 0.6) is 0 Å². The molecule has 0 aromatic heterocycles. The average Bonchev–Trinajstić information content (AvgIpc) is 2.96. The highest BCUT2D eigenvalue weighted by molar-refractivity contribution is 7.92. The van der Waals surface area contributed by atoms with E-state index in [1.165, 1.54) is 6.07 Å². The number of carboxylic acid groups (broad SMARTS) is 1. The Balaban J connectivity index is 2.05. The zero-order chi connectivity index (χ0) is 16.6. The van der Waals surface area contributed by atoms with Crippen LogP contribution in [0.3, 0.4) is 0 Å². The molecule has 0 aliphatic heterocycles. The fourth-order valence-corrected chi connectivity index (χ4v) is 4.26. The van der Waals surface area contributed by atoms with Crippen LogP contribution >= 0.6 is 0 Å². The van der Waals surface area contributed by atoms with Gasteiger partial charge in [0.05, 0.1) is 10.5 Å². The second kappa shape index (κ2) is 5.70. The first-order valence-corrected chi connectivity index (χ1v) is 8.84. The lowest BCUT2D eigenvalue weighted by Gasteiger charge is -2.13. The molecular weight excluding hydrogens is 314 g/mol. The second-order valence-electron chi connectivity index (χ2n) is 5.74. The summed E-state index contributed by atoms with van der Waals surface area (Å²) in [6, 6.07) is 9.84. The van der Waals surface area contributed by atoms with Gasteiger partial charge in [-0.2, -0.15) is 0 Å². The lowest BCUT2D eigenvalue weighted by atomic mass is 10.1. The Morgan fingerprint density at radius 3 is 2.48 bits per heavy atom. The lowest BCUT2D eigenvalue weighted by Crippen LogP contribution is -2.16. The average molecular weight is 331 g/mol. The molecule has 0 saturated carbocycles. The van der Waals surface area contributed by atoms with Crippen molar-refractivity contribution in [2.24, 2.45) is 0 Å². The molecule has 0 saturated heterocycles. The van der Waals surface area contributed by atoms with Crippen LogP contribution in [0.4, 0.5) is 5.69 Å². The van der Waals surface area contributed by atoms with E-state index in [1.54, 1.807) is 18.2 Å². The van der Waals surface area contributed by atoms with Crippen molar-refractivity contribution in [2.45, 2.75) is 31.1 Å². The summed E-state index contributed by atoms with van der Waals surface area (Å²) in [5.41, 5.74) is 3.04. The van der Waals surface area contributed by atoms with Crippen LogP contribution < -0.4 is 4.72 Å². The summed E-state index contributed by atoms with van der Waals surface area (Å²) in [5, 5.41) is 9.21. The van der Waals surface area contributed by atoms with E-state index in [-0.39, 0.29) is 10.5 Å². The van der Waals surface area contributed by atoms with Gasteiger partial charge in [0.1, 0.15) is 0 Å². The number of sulfonamides is 1. The maximum Gasteiger partial charge on any atom is 0.335 e. The minimum absolute atomic E-state index is 0.00920. The smallest absolute Gasteiger partial charge is 0.335 e. The van der Waals surface area contributed by atoms with Crippen LogP contribution in [0.25, 0.3) is 0 Å². The molecule has 3 rings (SSSR count). The summed E-state index contributed by atoms with van der Waals surface area (Å²) >= 11 is 0. The third kappa shape index (κ3) is 3.07. The minimum Gasteiger partial charge on any atom is -0.478 e. The fraction of sp³-hybridized carbons (Fsp3) is 0.235. The third-order valence-electron chi connectivity index (χ3n) is 4.01. The molecule has 0 spiro atoms. The number of rotatable bonds is 4. The third-order valence-corrected chi connectivity index (χ3v) is 5.46. The van der Waals surface area contributed by atoms with Crippen LogP contribution in [0.2, 0.25) is 0 Å². The van der Waals surface area contributed by atoms with Gasteiger partial charge in [0.15, 0.2) is 0 Å². The van der Waals surface area contributed by atoms with E-state index in [1.807, 2.05) is 19.1 Å². The van der Waals surface area contributed by atoms with E-state index in [2.05, 4.69) is 4.72 Å². The second-order valence-corrected chi connectivity index (χ2v) is 7.39. The molecule has 2 N–H and O–H groups in total. The standard InChI is InChI=1S/C17H17NO4S/c1-11-5-7-14(8-6-11)18-23(21,22)16-10-13(17(19)20)9-12-3-2-4-15(12)16/h5-10,18H,2-4H2,1H3,(H,19,20). The SMILES string of the molecule is Cc1ccc(NS(=O)(=O)c2cc(C(=O)O)cc3c2CCC3)cc1. The predicted octanol–water partition coefficient (Wildman–Crippen LogP) is 2.98. The first-order valence-electron chi connectivity index (χ1n) is 7.35.